The maximum absolute atomic E-state index is 10.9. The van der Waals surface area contributed by atoms with Gasteiger partial charge in [-0.2, -0.15) is 0 Å². The molecule has 0 aliphatic carbocycles. The van der Waals surface area contributed by atoms with Gasteiger partial charge in [0.1, 0.15) is 12.6 Å². The summed E-state index contributed by atoms with van der Waals surface area (Å²) in [5, 5.41) is 0. The van der Waals surface area contributed by atoms with E-state index < -0.39 is 0 Å². The number of benzene rings is 2. The zero-order valence-electron chi connectivity index (χ0n) is 15.6. The molecule has 0 saturated carbocycles. The number of hydrogen-bond donors (Lipinski definition) is 0. The first kappa shape index (κ1) is 19.2. The third kappa shape index (κ3) is 4.81. The van der Waals surface area contributed by atoms with Crippen LogP contribution in [0.1, 0.15) is 58.9 Å². The Bertz CT molecular complexity index is 889. The zero-order valence-corrected chi connectivity index (χ0v) is 16.4. The van der Waals surface area contributed by atoms with E-state index in [0.29, 0.717) is 11.1 Å². The van der Waals surface area contributed by atoms with Crippen molar-refractivity contribution in [2.24, 2.45) is 0 Å². The standard InChI is InChI=1S/C24H24O2S/c1-2-3-4-5-6-22-15-23(20-11-7-18(16-25)8-12-20)27-24(22)21-13-9-19(17-26)10-14-21/h7-17H,2-6H2,1H3. The minimum absolute atomic E-state index is 0.694. The number of carbonyl (C=O) groups is 2. The summed E-state index contributed by atoms with van der Waals surface area (Å²) in [6.07, 6.45) is 7.76. The fourth-order valence-corrected chi connectivity index (χ4v) is 4.40. The number of hydrogen-bond acceptors (Lipinski definition) is 3. The fraction of sp³-hybridized carbons (Fsp3) is 0.250. The van der Waals surface area contributed by atoms with E-state index in [2.05, 4.69) is 13.0 Å². The minimum atomic E-state index is 0.694. The maximum Gasteiger partial charge on any atom is 0.150 e. The molecule has 1 heterocycles. The van der Waals surface area contributed by atoms with Gasteiger partial charge in [0.15, 0.2) is 0 Å². The number of rotatable bonds is 9. The highest BCUT2D eigenvalue weighted by Gasteiger charge is 2.12. The van der Waals surface area contributed by atoms with E-state index in [1.807, 2.05) is 48.5 Å². The normalized spacial score (nSPS) is 10.7. The Balaban J connectivity index is 1.93. The van der Waals surface area contributed by atoms with Gasteiger partial charge < -0.3 is 0 Å². The van der Waals surface area contributed by atoms with E-state index in [1.54, 1.807) is 11.3 Å². The molecule has 0 fully saturated rings. The molecule has 3 rings (SSSR count). The van der Waals surface area contributed by atoms with Crippen LogP contribution in [0.15, 0.2) is 54.6 Å². The van der Waals surface area contributed by atoms with Gasteiger partial charge in [-0.05, 0) is 35.6 Å². The van der Waals surface area contributed by atoms with Crippen LogP contribution in [0.25, 0.3) is 20.9 Å². The molecule has 0 bridgehead atoms. The molecule has 138 valence electrons. The summed E-state index contributed by atoms with van der Waals surface area (Å²) in [4.78, 5) is 24.3. The molecule has 0 spiro atoms. The molecule has 0 unspecified atom stereocenters. The van der Waals surface area contributed by atoms with Crippen molar-refractivity contribution in [1.29, 1.82) is 0 Å². The van der Waals surface area contributed by atoms with Crippen LogP contribution in [-0.2, 0) is 6.42 Å². The van der Waals surface area contributed by atoms with Crippen molar-refractivity contribution in [3.05, 3.63) is 71.3 Å². The highest BCUT2D eigenvalue weighted by Crippen LogP contribution is 2.39. The van der Waals surface area contributed by atoms with Gasteiger partial charge in [0, 0.05) is 20.9 Å². The second-order valence-electron chi connectivity index (χ2n) is 6.76. The van der Waals surface area contributed by atoms with Crippen molar-refractivity contribution in [3.8, 4) is 20.9 Å². The molecule has 3 aromatic rings. The Morgan fingerprint density at radius 1 is 0.778 bits per heavy atom. The van der Waals surface area contributed by atoms with Crippen molar-refractivity contribution < 1.29 is 9.59 Å². The highest BCUT2D eigenvalue weighted by molar-refractivity contribution is 7.19. The van der Waals surface area contributed by atoms with E-state index in [0.717, 1.165) is 30.1 Å². The van der Waals surface area contributed by atoms with Crippen LogP contribution >= 0.6 is 11.3 Å². The third-order valence-corrected chi connectivity index (χ3v) is 6.02. The monoisotopic (exact) mass is 376 g/mol. The van der Waals surface area contributed by atoms with Gasteiger partial charge in [-0.1, -0.05) is 74.7 Å². The minimum Gasteiger partial charge on any atom is -0.298 e. The second kappa shape index (κ2) is 9.43. The summed E-state index contributed by atoms with van der Waals surface area (Å²) in [6.45, 7) is 2.23. The van der Waals surface area contributed by atoms with E-state index >= 15 is 0 Å². The van der Waals surface area contributed by atoms with Crippen LogP contribution in [0.4, 0.5) is 0 Å². The topological polar surface area (TPSA) is 34.1 Å². The van der Waals surface area contributed by atoms with Crippen LogP contribution in [0.5, 0.6) is 0 Å². The first-order valence-electron chi connectivity index (χ1n) is 9.49. The Kier molecular flexibility index (Phi) is 6.72. The molecule has 0 saturated heterocycles. The molecule has 0 radical (unpaired) electrons. The van der Waals surface area contributed by atoms with Crippen molar-refractivity contribution in [2.75, 3.05) is 0 Å². The zero-order chi connectivity index (χ0) is 19.1. The average Bonchev–Trinajstić information content (AvgIpc) is 3.15. The molecule has 0 N–H and O–H groups in total. The van der Waals surface area contributed by atoms with Crippen molar-refractivity contribution in [2.45, 2.75) is 39.0 Å². The van der Waals surface area contributed by atoms with Gasteiger partial charge >= 0.3 is 0 Å². The van der Waals surface area contributed by atoms with E-state index in [4.69, 9.17) is 0 Å². The molecule has 0 atom stereocenters. The lowest BCUT2D eigenvalue weighted by Gasteiger charge is -2.04. The van der Waals surface area contributed by atoms with Crippen LogP contribution < -0.4 is 0 Å². The predicted molar refractivity (Wildman–Crippen MR) is 114 cm³/mol. The molecular weight excluding hydrogens is 352 g/mol. The van der Waals surface area contributed by atoms with Gasteiger partial charge in [-0.15, -0.1) is 11.3 Å². The lowest BCUT2D eigenvalue weighted by Crippen LogP contribution is -1.87. The van der Waals surface area contributed by atoms with Crippen molar-refractivity contribution >= 4 is 23.9 Å². The van der Waals surface area contributed by atoms with E-state index in [1.165, 1.54) is 41.0 Å². The van der Waals surface area contributed by atoms with Crippen LogP contribution in [0.2, 0.25) is 0 Å². The number of thiophene rings is 1. The fourth-order valence-electron chi connectivity index (χ4n) is 3.18. The smallest absolute Gasteiger partial charge is 0.150 e. The quantitative estimate of drug-likeness (QED) is 0.303. The molecule has 0 aliphatic heterocycles. The summed E-state index contributed by atoms with van der Waals surface area (Å²) in [7, 11) is 0. The molecule has 27 heavy (non-hydrogen) atoms. The first-order chi connectivity index (χ1) is 13.2. The van der Waals surface area contributed by atoms with Gasteiger partial charge in [0.05, 0.1) is 0 Å². The van der Waals surface area contributed by atoms with Gasteiger partial charge in [-0.25, -0.2) is 0 Å². The molecule has 0 amide bonds. The van der Waals surface area contributed by atoms with Gasteiger partial charge in [-0.3, -0.25) is 9.59 Å². The lowest BCUT2D eigenvalue weighted by molar-refractivity contribution is 0.111. The van der Waals surface area contributed by atoms with Crippen LogP contribution in [0.3, 0.4) is 0 Å². The molecule has 1 aromatic heterocycles. The summed E-state index contributed by atoms with van der Waals surface area (Å²) in [5.41, 5.74) is 5.05. The van der Waals surface area contributed by atoms with Crippen LogP contribution in [-0.4, -0.2) is 12.6 Å². The van der Waals surface area contributed by atoms with Crippen LogP contribution in [0, 0.1) is 0 Å². The van der Waals surface area contributed by atoms with Crippen molar-refractivity contribution in [1.82, 2.24) is 0 Å². The molecule has 2 nitrogen and oxygen atoms in total. The Morgan fingerprint density at radius 3 is 1.93 bits per heavy atom. The summed E-state index contributed by atoms with van der Waals surface area (Å²) in [5.74, 6) is 0. The van der Waals surface area contributed by atoms with E-state index in [9.17, 15) is 9.59 Å². The largest absolute Gasteiger partial charge is 0.298 e. The number of aryl methyl sites for hydroxylation is 1. The highest BCUT2D eigenvalue weighted by atomic mass is 32.1. The van der Waals surface area contributed by atoms with Gasteiger partial charge in [0.25, 0.3) is 0 Å². The van der Waals surface area contributed by atoms with Crippen molar-refractivity contribution in [3.63, 3.8) is 0 Å². The van der Waals surface area contributed by atoms with Gasteiger partial charge in [0.2, 0.25) is 0 Å². The predicted octanol–water partition coefficient (Wildman–Crippen LogP) is 6.83. The molecule has 0 aliphatic rings. The Morgan fingerprint density at radius 2 is 1.37 bits per heavy atom. The summed E-state index contributed by atoms with van der Waals surface area (Å²) >= 11 is 1.78. The molecular formula is C24H24O2S. The lowest BCUT2D eigenvalue weighted by atomic mass is 10.0. The number of unbranched alkanes of at least 4 members (excludes halogenated alkanes) is 3. The Labute approximate surface area is 164 Å². The summed E-state index contributed by atoms with van der Waals surface area (Å²) < 4.78 is 0. The third-order valence-electron chi connectivity index (χ3n) is 4.75. The first-order valence-corrected chi connectivity index (χ1v) is 10.3. The Hall–Kier alpha value is -2.52. The number of carbonyl (C=O) groups excluding carboxylic acids is 2. The molecule has 2 aromatic carbocycles. The van der Waals surface area contributed by atoms with E-state index in [-0.39, 0.29) is 0 Å². The SMILES string of the molecule is CCCCCCc1cc(-c2ccc(C=O)cc2)sc1-c1ccc(C=O)cc1. The average molecular weight is 377 g/mol. The maximum atomic E-state index is 10.9. The summed E-state index contributed by atoms with van der Waals surface area (Å²) in [6, 6.07) is 17.8. The molecule has 3 heteroatoms. The second-order valence-corrected chi connectivity index (χ2v) is 7.81. The number of aldehydes is 2.